The van der Waals surface area contributed by atoms with Crippen molar-refractivity contribution in [2.24, 2.45) is 0 Å². The molecule has 2 aromatic carbocycles. The van der Waals surface area contributed by atoms with Crippen LogP contribution in [0, 0.1) is 13.8 Å². The summed E-state index contributed by atoms with van der Waals surface area (Å²) in [7, 11) is 0. The minimum absolute atomic E-state index is 0.0850. The number of para-hydroxylation sites is 2. The van der Waals surface area contributed by atoms with Crippen LogP contribution in [0.4, 0.5) is 5.69 Å². The zero-order valence-corrected chi connectivity index (χ0v) is 16.1. The van der Waals surface area contributed by atoms with Crippen molar-refractivity contribution in [3.63, 3.8) is 0 Å². The molecular weight excluding hydrogens is 356 g/mol. The molecule has 0 aliphatic rings. The fraction of sp³-hybridized carbons (Fsp3) is 0.238. The molecule has 0 unspecified atom stereocenters. The first kappa shape index (κ1) is 19.3. The van der Waals surface area contributed by atoms with E-state index in [9.17, 15) is 9.59 Å². The Morgan fingerprint density at radius 3 is 2.50 bits per heavy atom. The van der Waals surface area contributed by atoms with Gasteiger partial charge < -0.3 is 10.1 Å². The van der Waals surface area contributed by atoms with Crippen LogP contribution in [0.15, 0.2) is 48.5 Å². The Morgan fingerprint density at radius 2 is 1.79 bits per heavy atom. The number of amides is 1. The van der Waals surface area contributed by atoms with Crippen LogP contribution in [-0.2, 0) is 16.0 Å². The summed E-state index contributed by atoms with van der Waals surface area (Å²) in [5.74, 6) is -1.08. The zero-order valence-electron chi connectivity index (χ0n) is 16.1. The second-order valence-electron chi connectivity index (χ2n) is 6.35. The smallest absolute Gasteiger partial charge is 0.361 e. The molecule has 0 fully saturated rings. The first-order chi connectivity index (χ1) is 13.5. The van der Waals surface area contributed by atoms with E-state index in [1.54, 1.807) is 6.92 Å². The average molecular weight is 378 g/mol. The van der Waals surface area contributed by atoms with E-state index in [0.717, 1.165) is 28.9 Å². The molecule has 7 nitrogen and oxygen atoms in total. The molecule has 0 aliphatic carbocycles. The summed E-state index contributed by atoms with van der Waals surface area (Å²) in [5.41, 5.74) is 4.00. The molecular formula is C21H22N4O3. The zero-order chi connectivity index (χ0) is 20.1. The number of nitrogens with zero attached hydrogens (tertiary/aromatic N) is 3. The molecule has 0 radical (unpaired) electrons. The van der Waals surface area contributed by atoms with Crippen LogP contribution in [0.25, 0.3) is 5.69 Å². The predicted octanol–water partition coefficient (Wildman–Crippen LogP) is 3.24. The second-order valence-corrected chi connectivity index (χ2v) is 6.35. The third-order valence-corrected chi connectivity index (χ3v) is 4.30. The fourth-order valence-electron chi connectivity index (χ4n) is 2.82. The molecule has 0 saturated heterocycles. The van der Waals surface area contributed by atoms with Crippen molar-refractivity contribution < 1.29 is 14.3 Å². The number of anilines is 1. The van der Waals surface area contributed by atoms with Gasteiger partial charge in [-0.3, -0.25) is 4.79 Å². The van der Waals surface area contributed by atoms with E-state index in [1.165, 1.54) is 4.80 Å². The SMILES string of the molecule is CCc1cccc(C)c1NC(=O)COC(=O)c1nn(-c2ccccc2)nc1C. The number of rotatable bonds is 6. The van der Waals surface area contributed by atoms with E-state index in [2.05, 4.69) is 15.5 Å². The third-order valence-electron chi connectivity index (χ3n) is 4.30. The number of carbonyl (C=O) groups excluding carboxylic acids is 2. The summed E-state index contributed by atoms with van der Waals surface area (Å²) in [4.78, 5) is 26.0. The van der Waals surface area contributed by atoms with Gasteiger partial charge in [-0.2, -0.15) is 9.90 Å². The van der Waals surface area contributed by atoms with Crippen molar-refractivity contribution in [1.29, 1.82) is 0 Å². The Kier molecular flexibility index (Phi) is 5.84. The Labute approximate surface area is 163 Å². The molecule has 0 aliphatic heterocycles. The number of hydrogen-bond acceptors (Lipinski definition) is 5. The molecule has 1 aromatic heterocycles. The number of ether oxygens (including phenoxy) is 1. The molecule has 7 heteroatoms. The summed E-state index contributed by atoms with van der Waals surface area (Å²) in [6.07, 6.45) is 0.791. The van der Waals surface area contributed by atoms with Crippen LogP contribution in [0.1, 0.15) is 34.2 Å². The molecule has 1 amide bonds. The van der Waals surface area contributed by atoms with Gasteiger partial charge in [-0.25, -0.2) is 4.79 Å². The number of nitrogens with one attached hydrogen (secondary N) is 1. The third kappa shape index (κ3) is 4.25. The molecule has 0 bridgehead atoms. The lowest BCUT2D eigenvalue weighted by molar-refractivity contribution is -0.119. The molecule has 3 rings (SSSR count). The minimum Gasteiger partial charge on any atom is -0.451 e. The van der Waals surface area contributed by atoms with Gasteiger partial charge in [0, 0.05) is 5.69 Å². The van der Waals surface area contributed by atoms with Crippen molar-refractivity contribution in [1.82, 2.24) is 15.0 Å². The van der Waals surface area contributed by atoms with Crippen LogP contribution < -0.4 is 5.32 Å². The Balaban J connectivity index is 1.65. The van der Waals surface area contributed by atoms with E-state index in [4.69, 9.17) is 4.74 Å². The molecule has 28 heavy (non-hydrogen) atoms. The van der Waals surface area contributed by atoms with Crippen LogP contribution in [0.5, 0.6) is 0 Å². The summed E-state index contributed by atoms with van der Waals surface area (Å²) in [5, 5.41) is 11.2. The van der Waals surface area contributed by atoms with Gasteiger partial charge in [-0.15, -0.1) is 5.10 Å². The Morgan fingerprint density at radius 1 is 1.04 bits per heavy atom. The molecule has 3 aromatic rings. The first-order valence-electron chi connectivity index (χ1n) is 9.04. The molecule has 0 saturated carbocycles. The Hall–Kier alpha value is -3.48. The van der Waals surface area contributed by atoms with E-state index in [-0.39, 0.29) is 5.69 Å². The van der Waals surface area contributed by atoms with Gasteiger partial charge in [0.25, 0.3) is 5.91 Å². The van der Waals surface area contributed by atoms with Crippen molar-refractivity contribution in [3.8, 4) is 5.69 Å². The van der Waals surface area contributed by atoms with E-state index in [0.29, 0.717) is 5.69 Å². The standard InChI is InChI=1S/C21H22N4O3/c1-4-16-10-8-9-14(2)19(16)22-18(26)13-28-21(27)20-15(3)23-25(24-20)17-11-6-5-7-12-17/h5-12H,4,13H2,1-3H3,(H,22,26). The maximum absolute atomic E-state index is 12.3. The van der Waals surface area contributed by atoms with Gasteiger partial charge in [0.2, 0.25) is 0 Å². The van der Waals surface area contributed by atoms with Crippen molar-refractivity contribution in [2.75, 3.05) is 11.9 Å². The summed E-state index contributed by atoms with van der Waals surface area (Å²) in [6.45, 7) is 5.22. The first-order valence-corrected chi connectivity index (χ1v) is 9.04. The maximum atomic E-state index is 12.3. The minimum atomic E-state index is -0.685. The highest BCUT2D eigenvalue weighted by Crippen LogP contribution is 2.21. The second kappa shape index (κ2) is 8.47. The predicted molar refractivity (Wildman–Crippen MR) is 106 cm³/mol. The number of aryl methyl sites for hydroxylation is 3. The van der Waals surface area contributed by atoms with Crippen molar-refractivity contribution in [2.45, 2.75) is 27.2 Å². The van der Waals surface area contributed by atoms with Gasteiger partial charge in [0.15, 0.2) is 12.3 Å². The van der Waals surface area contributed by atoms with Crippen LogP contribution >= 0.6 is 0 Å². The van der Waals surface area contributed by atoms with Gasteiger partial charge in [0.1, 0.15) is 0 Å². The number of hydrogen-bond donors (Lipinski definition) is 1. The maximum Gasteiger partial charge on any atom is 0.361 e. The highest BCUT2D eigenvalue weighted by atomic mass is 16.5. The highest BCUT2D eigenvalue weighted by molar-refractivity contribution is 5.96. The van der Waals surface area contributed by atoms with Crippen LogP contribution in [-0.4, -0.2) is 33.5 Å². The lowest BCUT2D eigenvalue weighted by atomic mass is 10.1. The van der Waals surface area contributed by atoms with Crippen molar-refractivity contribution in [3.05, 3.63) is 71.0 Å². The molecule has 0 spiro atoms. The van der Waals surface area contributed by atoms with E-state index >= 15 is 0 Å². The number of carbonyl (C=O) groups is 2. The fourth-order valence-corrected chi connectivity index (χ4v) is 2.82. The van der Waals surface area contributed by atoms with Gasteiger partial charge in [-0.1, -0.05) is 43.3 Å². The Bertz CT molecular complexity index is 996. The average Bonchev–Trinajstić information content (AvgIpc) is 3.10. The highest BCUT2D eigenvalue weighted by Gasteiger charge is 2.19. The molecule has 1 heterocycles. The molecule has 1 N–H and O–H groups in total. The topological polar surface area (TPSA) is 86.1 Å². The number of benzene rings is 2. The monoisotopic (exact) mass is 378 g/mol. The lowest BCUT2D eigenvalue weighted by Gasteiger charge is -2.12. The summed E-state index contributed by atoms with van der Waals surface area (Å²) < 4.78 is 5.14. The van der Waals surface area contributed by atoms with Crippen LogP contribution in [0.3, 0.4) is 0 Å². The molecule has 144 valence electrons. The number of aromatic nitrogens is 3. The van der Waals surface area contributed by atoms with Gasteiger partial charge >= 0.3 is 5.97 Å². The summed E-state index contributed by atoms with van der Waals surface area (Å²) in [6, 6.07) is 15.1. The number of esters is 1. The van der Waals surface area contributed by atoms with Gasteiger partial charge in [0.05, 0.1) is 11.4 Å². The van der Waals surface area contributed by atoms with E-state index < -0.39 is 18.5 Å². The largest absolute Gasteiger partial charge is 0.451 e. The normalized spacial score (nSPS) is 10.5. The van der Waals surface area contributed by atoms with Crippen LogP contribution in [0.2, 0.25) is 0 Å². The molecule has 0 atom stereocenters. The summed E-state index contributed by atoms with van der Waals surface area (Å²) >= 11 is 0. The lowest BCUT2D eigenvalue weighted by Crippen LogP contribution is -2.22. The van der Waals surface area contributed by atoms with E-state index in [1.807, 2.05) is 62.4 Å². The van der Waals surface area contributed by atoms with Crippen molar-refractivity contribution >= 4 is 17.6 Å². The van der Waals surface area contributed by atoms with Gasteiger partial charge in [-0.05, 0) is 43.5 Å². The quantitative estimate of drug-likeness (QED) is 0.666.